The third-order valence-corrected chi connectivity index (χ3v) is 5.69. The summed E-state index contributed by atoms with van der Waals surface area (Å²) in [7, 11) is 0. The van der Waals surface area contributed by atoms with Crippen LogP contribution in [0.15, 0.2) is 41.5 Å². The maximum atomic E-state index is 14.9. The van der Waals surface area contributed by atoms with Gasteiger partial charge in [-0.3, -0.25) is 10.3 Å². The van der Waals surface area contributed by atoms with Crippen LogP contribution in [0, 0.1) is 24.5 Å². The van der Waals surface area contributed by atoms with E-state index in [0.29, 0.717) is 19.0 Å². The van der Waals surface area contributed by atoms with Crippen molar-refractivity contribution in [1.82, 2.24) is 10.3 Å². The summed E-state index contributed by atoms with van der Waals surface area (Å²) in [5, 5.41) is 3.67. The molecule has 0 spiro atoms. The van der Waals surface area contributed by atoms with Crippen molar-refractivity contribution in [2.75, 3.05) is 24.5 Å². The molecule has 1 aliphatic heterocycles. The number of nitrogens with one attached hydrogen (secondary N) is 1. The van der Waals surface area contributed by atoms with Crippen molar-refractivity contribution in [2.24, 2.45) is 16.8 Å². The van der Waals surface area contributed by atoms with Gasteiger partial charge in [0.1, 0.15) is 11.6 Å². The molecule has 32 heavy (non-hydrogen) atoms. The summed E-state index contributed by atoms with van der Waals surface area (Å²) < 4.78 is 29.6. The molecule has 0 bridgehead atoms. The Kier molecular flexibility index (Phi) is 8.15. The van der Waals surface area contributed by atoms with E-state index in [-0.39, 0.29) is 22.4 Å². The van der Waals surface area contributed by atoms with E-state index in [1.165, 1.54) is 23.4 Å². The lowest BCUT2D eigenvalue weighted by molar-refractivity contribution is 0.147. The van der Waals surface area contributed by atoms with E-state index in [1.807, 2.05) is 4.90 Å². The summed E-state index contributed by atoms with van der Waals surface area (Å²) in [4.78, 5) is 4.41. The molecule has 0 radical (unpaired) electrons. The van der Waals surface area contributed by atoms with Gasteiger partial charge in [-0.15, -0.1) is 0 Å². The van der Waals surface area contributed by atoms with Crippen LogP contribution in [0.1, 0.15) is 37.0 Å². The highest BCUT2D eigenvalue weighted by molar-refractivity contribution is 7.80. The van der Waals surface area contributed by atoms with Gasteiger partial charge in [0.15, 0.2) is 5.11 Å². The monoisotopic (exact) mass is 459 g/mol. The lowest BCUT2D eigenvalue weighted by atomic mass is 9.98. The topological polar surface area (TPSA) is 56.9 Å². The fraction of sp³-hybridized carbons (Fsp3) is 0.417. The first-order chi connectivity index (χ1) is 15.2. The molecule has 0 unspecified atom stereocenters. The summed E-state index contributed by atoms with van der Waals surface area (Å²) in [6, 6.07) is 11.2. The van der Waals surface area contributed by atoms with E-state index in [4.69, 9.17) is 5.73 Å². The van der Waals surface area contributed by atoms with Crippen molar-refractivity contribution in [3.05, 3.63) is 64.7 Å². The molecule has 0 aromatic heterocycles. The van der Waals surface area contributed by atoms with E-state index < -0.39 is 11.6 Å². The molecule has 1 saturated heterocycles. The van der Waals surface area contributed by atoms with Gasteiger partial charge in [-0.2, -0.15) is 5.10 Å². The maximum absolute atomic E-state index is 14.9. The number of nitrogens with zero attached hydrogens (tertiary/aromatic N) is 3. The van der Waals surface area contributed by atoms with Crippen LogP contribution in [0.25, 0.3) is 0 Å². The molecule has 5 nitrogen and oxygen atoms in total. The van der Waals surface area contributed by atoms with Gasteiger partial charge in [0.25, 0.3) is 0 Å². The third-order valence-electron chi connectivity index (χ3n) is 5.60. The second kappa shape index (κ2) is 10.8. The van der Waals surface area contributed by atoms with Crippen molar-refractivity contribution in [2.45, 2.75) is 39.8 Å². The largest absolute Gasteiger partial charge is 0.375 e. The van der Waals surface area contributed by atoms with Crippen molar-refractivity contribution in [3.8, 4) is 0 Å². The lowest BCUT2D eigenvalue weighted by Gasteiger charge is -2.43. The standard InChI is InChI=1S/C24H31F2N5S/c1-16(2)9-20-15-31(8-7-30(20)14-18-6-4-5-17(3)10-18)23-12-21(25)19(11-22(23)26)13-28-29-24(27)32/h4-6,10-13,16,20H,7-9,14-15H2,1-3H3,(H3,27,29,32)/t20-/m0/s1. The van der Waals surface area contributed by atoms with Crippen LogP contribution < -0.4 is 16.1 Å². The highest BCUT2D eigenvalue weighted by Gasteiger charge is 2.29. The van der Waals surface area contributed by atoms with Gasteiger partial charge >= 0.3 is 0 Å². The summed E-state index contributed by atoms with van der Waals surface area (Å²) in [5.74, 6) is -0.516. The van der Waals surface area contributed by atoms with Gasteiger partial charge < -0.3 is 10.6 Å². The molecular formula is C24H31F2N5S. The first kappa shape index (κ1) is 24.1. The Hall–Kier alpha value is -2.58. The molecule has 1 fully saturated rings. The Labute approximate surface area is 194 Å². The molecular weight excluding hydrogens is 428 g/mol. The van der Waals surface area contributed by atoms with Gasteiger partial charge in [-0.05, 0) is 43.1 Å². The zero-order chi connectivity index (χ0) is 23.3. The average molecular weight is 460 g/mol. The lowest BCUT2D eigenvalue weighted by Crippen LogP contribution is -2.53. The number of piperazine rings is 1. The minimum atomic E-state index is -0.544. The number of rotatable bonds is 7. The molecule has 1 heterocycles. The number of benzene rings is 2. The Morgan fingerprint density at radius 2 is 2.03 bits per heavy atom. The van der Waals surface area contributed by atoms with Crippen LogP contribution in [-0.2, 0) is 6.54 Å². The van der Waals surface area contributed by atoms with Gasteiger partial charge in [-0.1, -0.05) is 43.7 Å². The molecule has 0 saturated carbocycles. The Morgan fingerprint density at radius 1 is 1.25 bits per heavy atom. The number of hydrazone groups is 1. The zero-order valence-electron chi connectivity index (χ0n) is 18.8. The molecule has 0 aliphatic carbocycles. The maximum Gasteiger partial charge on any atom is 0.184 e. The smallest absolute Gasteiger partial charge is 0.184 e. The summed E-state index contributed by atoms with van der Waals surface area (Å²) >= 11 is 4.65. The van der Waals surface area contributed by atoms with Gasteiger partial charge in [-0.25, -0.2) is 8.78 Å². The summed E-state index contributed by atoms with van der Waals surface area (Å²) in [6.07, 6.45) is 2.16. The molecule has 172 valence electrons. The number of anilines is 1. The Bertz CT molecular complexity index is 979. The van der Waals surface area contributed by atoms with E-state index in [0.717, 1.165) is 25.6 Å². The quantitative estimate of drug-likeness (QED) is 0.370. The minimum absolute atomic E-state index is 0.0341. The number of hydrogen-bond acceptors (Lipinski definition) is 4. The van der Waals surface area contributed by atoms with Crippen molar-refractivity contribution in [3.63, 3.8) is 0 Å². The fourth-order valence-corrected chi connectivity index (χ4v) is 4.24. The van der Waals surface area contributed by atoms with E-state index in [1.54, 1.807) is 0 Å². The zero-order valence-corrected chi connectivity index (χ0v) is 19.6. The van der Waals surface area contributed by atoms with Crippen LogP contribution in [0.4, 0.5) is 14.5 Å². The first-order valence-electron chi connectivity index (χ1n) is 10.8. The number of halogens is 2. The predicted octanol–water partition coefficient (Wildman–Crippen LogP) is 4.18. The molecule has 0 amide bonds. The van der Waals surface area contributed by atoms with E-state index in [9.17, 15) is 8.78 Å². The summed E-state index contributed by atoms with van der Waals surface area (Å²) in [6.45, 7) is 9.41. The third kappa shape index (κ3) is 6.46. The highest BCUT2D eigenvalue weighted by Crippen LogP contribution is 2.28. The SMILES string of the molecule is Cc1cccc(CN2CCN(c3cc(F)c(C=NNC(N)=S)cc3F)C[C@@H]2CC(C)C)c1. The van der Waals surface area contributed by atoms with Crippen LogP contribution in [-0.4, -0.2) is 41.9 Å². The van der Waals surface area contributed by atoms with Gasteiger partial charge in [0, 0.05) is 43.9 Å². The van der Waals surface area contributed by atoms with Crippen LogP contribution in [0.5, 0.6) is 0 Å². The Morgan fingerprint density at radius 3 is 2.72 bits per heavy atom. The first-order valence-corrected chi connectivity index (χ1v) is 11.3. The molecule has 8 heteroatoms. The number of aryl methyl sites for hydroxylation is 1. The molecule has 2 aromatic rings. The highest BCUT2D eigenvalue weighted by atomic mass is 32.1. The van der Waals surface area contributed by atoms with Crippen LogP contribution >= 0.6 is 12.2 Å². The molecule has 3 N–H and O–H groups in total. The average Bonchev–Trinajstić information content (AvgIpc) is 2.71. The van der Waals surface area contributed by atoms with Gasteiger partial charge in [0.2, 0.25) is 0 Å². The van der Waals surface area contributed by atoms with E-state index >= 15 is 0 Å². The molecule has 1 aliphatic rings. The second-order valence-corrected chi connectivity index (χ2v) is 9.19. The fourth-order valence-electron chi connectivity index (χ4n) is 4.19. The van der Waals surface area contributed by atoms with E-state index in [2.05, 4.69) is 72.7 Å². The number of thiocarbonyl (C=S) groups is 1. The van der Waals surface area contributed by atoms with Crippen molar-refractivity contribution >= 4 is 29.2 Å². The molecule has 1 atom stereocenters. The van der Waals surface area contributed by atoms with Crippen molar-refractivity contribution in [1.29, 1.82) is 0 Å². The minimum Gasteiger partial charge on any atom is -0.375 e. The summed E-state index contributed by atoms with van der Waals surface area (Å²) in [5.41, 5.74) is 10.5. The number of nitrogens with two attached hydrogens (primary N) is 1. The van der Waals surface area contributed by atoms with Crippen LogP contribution in [0.2, 0.25) is 0 Å². The predicted molar refractivity (Wildman–Crippen MR) is 131 cm³/mol. The normalized spacial score (nSPS) is 17.3. The molecule has 2 aromatic carbocycles. The van der Waals surface area contributed by atoms with Crippen molar-refractivity contribution < 1.29 is 8.78 Å². The van der Waals surface area contributed by atoms with Gasteiger partial charge in [0.05, 0.1) is 11.9 Å². The van der Waals surface area contributed by atoms with Crippen LogP contribution in [0.3, 0.4) is 0 Å². The molecule has 3 rings (SSSR count). The number of hydrogen-bond donors (Lipinski definition) is 2. The second-order valence-electron chi connectivity index (χ2n) is 8.75. The Balaban J connectivity index is 1.77.